The van der Waals surface area contributed by atoms with Crippen LogP contribution in [0.4, 0.5) is 0 Å². The van der Waals surface area contributed by atoms with E-state index in [9.17, 15) is 18.3 Å². The summed E-state index contributed by atoms with van der Waals surface area (Å²) in [6.07, 6.45) is 2.52. The van der Waals surface area contributed by atoms with Gasteiger partial charge in [-0.2, -0.15) is 0 Å². The number of aryl methyl sites for hydroxylation is 1. The highest BCUT2D eigenvalue weighted by Gasteiger charge is 2.36. The number of methoxy groups -OCH3 is 1. The van der Waals surface area contributed by atoms with Crippen molar-refractivity contribution in [3.63, 3.8) is 0 Å². The molecule has 1 saturated heterocycles. The van der Waals surface area contributed by atoms with Crippen molar-refractivity contribution in [2.75, 3.05) is 33.5 Å². The summed E-state index contributed by atoms with van der Waals surface area (Å²) in [7, 11) is -0.954. The Hall–Kier alpha value is -1.42. The number of aliphatic hydroxyl groups excluding tert-OH is 1. The number of hydrogen-bond acceptors (Lipinski definition) is 6. The molecule has 1 aromatic rings. The largest absolute Gasteiger partial charge is 0.464 e. The molecule has 2 rings (SSSR count). The van der Waals surface area contributed by atoms with Gasteiger partial charge in [-0.05, 0) is 18.9 Å². The quantitative estimate of drug-likeness (QED) is 0.667. The van der Waals surface area contributed by atoms with Gasteiger partial charge in [0, 0.05) is 38.4 Å². The van der Waals surface area contributed by atoms with Gasteiger partial charge >= 0.3 is 5.97 Å². The number of esters is 1. The Labute approximate surface area is 135 Å². The lowest BCUT2D eigenvalue weighted by Crippen LogP contribution is -2.38. The van der Waals surface area contributed by atoms with Crippen molar-refractivity contribution in [1.82, 2.24) is 9.29 Å². The number of nitrogens with one attached hydrogen (secondary N) is 1. The molecule has 0 bridgehead atoms. The fourth-order valence-corrected chi connectivity index (χ4v) is 3.86. The number of rotatable bonds is 7. The fraction of sp³-hybridized carbons (Fsp3) is 0.643. The molecule has 130 valence electrons. The maximum Gasteiger partial charge on any atom is 0.354 e. The molecule has 0 radical (unpaired) electrons. The summed E-state index contributed by atoms with van der Waals surface area (Å²) in [5.74, 6) is -0.602. The lowest BCUT2D eigenvalue weighted by Gasteiger charge is -2.26. The second-order valence-corrected chi connectivity index (χ2v) is 7.53. The van der Waals surface area contributed by atoms with Crippen molar-refractivity contribution in [2.45, 2.75) is 17.7 Å². The van der Waals surface area contributed by atoms with Crippen LogP contribution in [0.1, 0.15) is 23.3 Å². The minimum Gasteiger partial charge on any atom is -0.464 e. The number of nitrogens with zero attached hydrogens (tertiary/aromatic N) is 1. The molecule has 23 heavy (non-hydrogen) atoms. The van der Waals surface area contributed by atoms with E-state index in [4.69, 9.17) is 4.74 Å². The van der Waals surface area contributed by atoms with Crippen molar-refractivity contribution in [1.29, 1.82) is 0 Å². The van der Waals surface area contributed by atoms with Crippen LogP contribution in [-0.2, 0) is 26.5 Å². The minimum atomic E-state index is -3.76. The highest BCUT2D eigenvalue weighted by molar-refractivity contribution is 7.89. The number of sulfonamides is 1. The van der Waals surface area contributed by atoms with Crippen LogP contribution in [0.3, 0.4) is 0 Å². The van der Waals surface area contributed by atoms with E-state index in [1.807, 2.05) is 0 Å². The van der Waals surface area contributed by atoms with E-state index < -0.39 is 16.0 Å². The van der Waals surface area contributed by atoms with Crippen molar-refractivity contribution in [2.24, 2.45) is 12.5 Å². The summed E-state index contributed by atoms with van der Waals surface area (Å²) in [4.78, 5) is 11.6. The molecule has 1 aliphatic heterocycles. The summed E-state index contributed by atoms with van der Waals surface area (Å²) >= 11 is 0. The average Bonchev–Trinajstić information content (AvgIpc) is 3.13. The standard InChI is InChI=1S/C14H22N2O6S/c1-16-8-11(7-12(16)13(18)21-2)23(19,20)15-9-14(3-5-17)4-6-22-10-14/h7-8,15,17H,3-6,9-10H2,1-2H3. The van der Waals surface area contributed by atoms with Crippen LogP contribution in [0.15, 0.2) is 17.2 Å². The number of ether oxygens (including phenoxy) is 2. The van der Waals surface area contributed by atoms with E-state index in [1.165, 1.54) is 23.9 Å². The Morgan fingerprint density at radius 3 is 2.87 bits per heavy atom. The van der Waals surface area contributed by atoms with E-state index in [0.29, 0.717) is 26.1 Å². The lowest BCUT2D eigenvalue weighted by atomic mass is 9.84. The van der Waals surface area contributed by atoms with Crippen molar-refractivity contribution >= 4 is 16.0 Å². The molecule has 1 unspecified atom stereocenters. The first-order valence-corrected chi connectivity index (χ1v) is 8.75. The molecule has 0 aromatic carbocycles. The Kier molecular flexibility index (Phi) is 5.45. The van der Waals surface area contributed by atoms with Crippen molar-refractivity contribution in [3.05, 3.63) is 18.0 Å². The number of carbonyl (C=O) groups excluding carboxylic acids is 1. The molecule has 1 aromatic heterocycles. The number of aromatic nitrogens is 1. The van der Waals surface area contributed by atoms with E-state index >= 15 is 0 Å². The molecule has 1 aliphatic rings. The zero-order valence-electron chi connectivity index (χ0n) is 13.2. The summed E-state index contributed by atoms with van der Waals surface area (Å²) in [6, 6.07) is 1.28. The van der Waals surface area contributed by atoms with Crippen LogP contribution in [0, 0.1) is 5.41 Å². The highest BCUT2D eigenvalue weighted by atomic mass is 32.2. The van der Waals surface area contributed by atoms with Crippen LogP contribution >= 0.6 is 0 Å². The van der Waals surface area contributed by atoms with Crippen LogP contribution in [0.5, 0.6) is 0 Å². The smallest absolute Gasteiger partial charge is 0.354 e. The highest BCUT2D eigenvalue weighted by Crippen LogP contribution is 2.32. The zero-order chi connectivity index (χ0) is 17.1. The van der Waals surface area contributed by atoms with Crippen molar-refractivity contribution in [3.8, 4) is 0 Å². The van der Waals surface area contributed by atoms with Crippen LogP contribution in [0.25, 0.3) is 0 Å². The van der Waals surface area contributed by atoms with Crippen molar-refractivity contribution < 1.29 is 27.8 Å². The molecule has 9 heteroatoms. The third-order valence-corrected chi connectivity index (χ3v) is 5.52. The van der Waals surface area contributed by atoms with Crippen LogP contribution in [-0.4, -0.2) is 57.5 Å². The summed E-state index contributed by atoms with van der Waals surface area (Å²) in [6.45, 7) is 1.12. The Bertz CT molecular complexity index is 661. The van der Waals surface area contributed by atoms with Gasteiger partial charge in [-0.15, -0.1) is 0 Å². The van der Waals surface area contributed by atoms with Gasteiger partial charge in [0.15, 0.2) is 0 Å². The maximum atomic E-state index is 12.4. The molecular formula is C14H22N2O6S. The molecule has 1 fully saturated rings. The molecule has 0 amide bonds. The number of aliphatic hydroxyl groups is 1. The molecule has 8 nitrogen and oxygen atoms in total. The molecular weight excluding hydrogens is 324 g/mol. The Morgan fingerprint density at radius 1 is 1.57 bits per heavy atom. The first-order chi connectivity index (χ1) is 10.8. The monoisotopic (exact) mass is 346 g/mol. The topological polar surface area (TPSA) is 107 Å². The average molecular weight is 346 g/mol. The van der Waals surface area contributed by atoms with Crippen LogP contribution in [0.2, 0.25) is 0 Å². The lowest BCUT2D eigenvalue weighted by molar-refractivity contribution is 0.0590. The van der Waals surface area contributed by atoms with Crippen LogP contribution < -0.4 is 4.72 Å². The minimum absolute atomic E-state index is 0.00142. The maximum absolute atomic E-state index is 12.4. The van der Waals surface area contributed by atoms with Gasteiger partial charge < -0.3 is 19.1 Å². The number of hydrogen-bond donors (Lipinski definition) is 2. The van der Waals surface area contributed by atoms with Gasteiger partial charge in [-0.25, -0.2) is 17.9 Å². The summed E-state index contributed by atoms with van der Waals surface area (Å²) in [5, 5.41) is 9.18. The summed E-state index contributed by atoms with van der Waals surface area (Å²) < 4.78 is 38.8. The first kappa shape index (κ1) is 17.9. The van der Waals surface area contributed by atoms with E-state index in [0.717, 1.165) is 0 Å². The van der Waals surface area contributed by atoms with Gasteiger partial charge in [-0.1, -0.05) is 0 Å². The van der Waals surface area contributed by atoms with Gasteiger partial charge in [0.05, 0.1) is 13.7 Å². The second-order valence-electron chi connectivity index (χ2n) is 5.76. The van der Waals surface area contributed by atoms with E-state index in [-0.39, 0.29) is 29.2 Å². The SMILES string of the molecule is COC(=O)c1cc(S(=O)(=O)NCC2(CCO)CCOC2)cn1C. The third kappa shape index (κ3) is 3.92. The van der Waals surface area contributed by atoms with Gasteiger partial charge in [-0.3, -0.25) is 0 Å². The third-order valence-electron chi connectivity index (χ3n) is 4.15. The predicted molar refractivity (Wildman–Crippen MR) is 81.5 cm³/mol. The van der Waals surface area contributed by atoms with Gasteiger partial charge in [0.2, 0.25) is 10.0 Å². The molecule has 2 heterocycles. The van der Waals surface area contributed by atoms with E-state index in [2.05, 4.69) is 9.46 Å². The van der Waals surface area contributed by atoms with Gasteiger partial charge in [0.1, 0.15) is 10.6 Å². The summed E-state index contributed by atoms with van der Waals surface area (Å²) in [5.41, 5.74) is -0.232. The predicted octanol–water partition coefficient (Wildman–Crippen LogP) is -0.121. The fourth-order valence-electron chi connectivity index (χ4n) is 2.63. The Morgan fingerprint density at radius 2 is 2.30 bits per heavy atom. The van der Waals surface area contributed by atoms with E-state index in [1.54, 1.807) is 7.05 Å². The zero-order valence-corrected chi connectivity index (χ0v) is 14.1. The normalized spacial score (nSPS) is 21.5. The first-order valence-electron chi connectivity index (χ1n) is 7.26. The number of carbonyl (C=O) groups is 1. The van der Waals surface area contributed by atoms with Gasteiger partial charge in [0.25, 0.3) is 0 Å². The molecule has 0 spiro atoms. The Balaban J connectivity index is 2.14. The molecule has 0 saturated carbocycles. The molecule has 2 N–H and O–H groups in total. The molecule has 1 atom stereocenters. The molecule has 0 aliphatic carbocycles. The second kappa shape index (κ2) is 7.00.